The van der Waals surface area contributed by atoms with E-state index >= 15 is 0 Å². The van der Waals surface area contributed by atoms with Gasteiger partial charge in [-0.3, -0.25) is 15.1 Å². The predicted octanol–water partition coefficient (Wildman–Crippen LogP) is 3.62. The summed E-state index contributed by atoms with van der Waals surface area (Å²) in [7, 11) is 0. The fourth-order valence-corrected chi connectivity index (χ4v) is 3.85. The zero-order chi connectivity index (χ0) is 18.8. The Morgan fingerprint density at radius 3 is 3.00 bits per heavy atom. The van der Waals surface area contributed by atoms with Crippen LogP contribution < -0.4 is 10.6 Å². The summed E-state index contributed by atoms with van der Waals surface area (Å²) in [6, 6.07) is 9.91. The van der Waals surface area contributed by atoms with Crippen molar-refractivity contribution in [3.05, 3.63) is 53.3 Å². The molecule has 1 fully saturated rings. The van der Waals surface area contributed by atoms with Crippen LogP contribution in [-0.4, -0.2) is 33.5 Å². The predicted molar refractivity (Wildman–Crippen MR) is 107 cm³/mol. The molecule has 3 aromatic rings. The molecular formula is C21H25N5O. The lowest BCUT2D eigenvalue weighted by molar-refractivity contribution is 0.102. The molecule has 27 heavy (non-hydrogen) atoms. The number of aromatic nitrogens is 3. The summed E-state index contributed by atoms with van der Waals surface area (Å²) < 4.78 is 2.22. The summed E-state index contributed by atoms with van der Waals surface area (Å²) in [5.41, 5.74) is 4.61. The molecule has 140 valence electrons. The summed E-state index contributed by atoms with van der Waals surface area (Å²) in [5, 5.41) is 6.57. The zero-order valence-electron chi connectivity index (χ0n) is 15.8. The number of para-hydroxylation sites is 1. The van der Waals surface area contributed by atoms with E-state index in [2.05, 4.69) is 33.2 Å². The molecule has 2 N–H and O–H groups in total. The van der Waals surface area contributed by atoms with Gasteiger partial charge >= 0.3 is 0 Å². The molecule has 0 aliphatic carbocycles. The highest BCUT2D eigenvalue weighted by molar-refractivity contribution is 6.04. The van der Waals surface area contributed by atoms with E-state index in [9.17, 15) is 4.79 Å². The molecule has 2 aromatic heterocycles. The number of anilines is 1. The number of benzene rings is 1. The number of hydrogen-bond donors (Lipinski definition) is 2. The van der Waals surface area contributed by atoms with Crippen LogP contribution >= 0.6 is 0 Å². The number of nitrogens with one attached hydrogen (secondary N) is 2. The van der Waals surface area contributed by atoms with Crippen LogP contribution in [0.25, 0.3) is 11.0 Å². The van der Waals surface area contributed by atoms with E-state index < -0.39 is 0 Å². The highest BCUT2D eigenvalue weighted by Gasteiger charge is 2.23. The maximum absolute atomic E-state index is 12.8. The Morgan fingerprint density at radius 1 is 1.26 bits per heavy atom. The number of nitrogens with zero attached hydrogens (tertiary/aromatic N) is 3. The maximum atomic E-state index is 12.8. The van der Waals surface area contributed by atoms with Gasteiger partial charge in [0.2, 0.25) is 5.95 Å². The molecule has 1 unspecified atom stereocenters. The van der Waals surface area contributed by atoms with Gasteiger partial charge in [-0.25, -0.2) is 4.98 Å². The van der Waals surface area contributed by atoms with Crippen molar-refractivity contribution in [1.82, 2.24) is 19.9 Å². The van der Waals surface area contributed by atoms with Gasteiger partial charge in [0.15, 0.2) is 0 Å². The number of carbonyl (C=O) groups excluding carboxylic acids is 1. The Hall–Kier alpha value is -2.73. The standard InChI is InChI=1S/C21H25N5O/c1-14-6-5-8-18-19(14)26(17-7-3-4-10-22-13-17)21(24-18)25-20(27)16-9-11-23-15(2)12-16/h5-6,8-9,11-12,17,22H,3-4,7,10,13H2,1-2H3,(H,24,25,27). The molecule has 3 heterocycles. The van der Waals surface area contributed by atoms with Crippen LogP contribution in [0.1, 0.15) is 46.9 Å². The average Bonchev–Trinajstić information content (AvgIpc) is 2.83. The Balaban J connectivity index is 1.76. The van der Waals surface area contributed by atoms with Crippen molar-refractivity contribution >= 4 is 22.9 Å². The summed E-state index contributed by atoms with van der Waals surface area (Å²) >= 11 is 0. The van der Waals surface area contributed by atoms with Gasteiger partial charge in [0.25, 0.3) is 5.91 Å². The minimum absolute atomic E-state index is 0.156. The van der Waals surface area contributed by atoms with Crippen LogP contribution in [0.15, 0.2) is 36.5 Å². The van der Waals surface area contributed by atoms with Gasteiger partial charge < -0.3 is 9.88 Å². The molecule has 1 aliphatic rings. The molecule has 0 spiro atoms. The molecule has 6 nitrogen and oxygen atoms in total. The summed E-state index contributed by atoms with van der Waals surface area (Å²) in [6.45, 7) is 5.91. The van der Waals surface area contributed by atoms with Gasteiger partial charge in [-0.15, -0.1) is 0 Å². The largest absolute Gasteiger partial charge is 0.315 e. The molecule has 0 bridgehead atoms. The molecule has 1 saturated heterocycles. The lowest BCUT2D eigenvalue weighted by atomic mass is 10.1. The first-order valence-corrected chi connectivity index (χ1v) is 9.56. The van der Waals surface area contributed by atoms with Gasteiger partial charge in [0.1, 0.15) is 0 Å². The van der Waals surface area contributed by atoms with Crippen molar-refractivity contribution in [2.45, 2.75) is 39.2 Å². The van der Waals surface area contributed by atoms with Crippen LogP contribution in [-0.2, 0) is 0 Å². The fraction of sp³-hybridized carbons (Fsp3) is 0.381. The zero-order valence-corrected chi connectivity index (χ0v) is 15.8. The van der Waals surface area contributed by atoms with E-state index in [1.165, 1.54) is 18.4 Å². The smallest absolute Gasteiger partial charge is 0.258 e. The minimum atomic E-state index is -0.156. The number of pyridine rings is 1. The van der Waals surface area contributed by atoms with E-state index in [0.29, 0.717) is 11.5 Å². The minimum Gasteiger partial charge on any atom is -0.315 e. The topological polar surface area (TPSA) is 71.8 Å². The van der Waals surface area contributed by atoms with Crippen molar-refractivity contribution in [3.63, 3.8) is 0 Å². The number of rotatable bonds is 3. The number of hydrogen-bond acceptors (Lipinski definition) is 4. The quantitative estimate of drug-likeness (QED) is 0.746. The van der Waals surface area contributed by atoms with E-state index in [4.69, 9.17) is 4.98 Å². The first-order chi connectivity index (χ1) is 13.1. The van der Waals surface area contributed by atoms with E-state index in [0.717, 1.165) is 36.2 Å². The first-order valence-electron chi connectivity index (χ1n) is 9.56. The van der Waals surface area contributed by atoms with Crippen LogP contribution in [0, 0.1) is 13.8 Å². The summed E-state index contributed by atoms with van der Waals surface area (Å²) in [4.78, 5) is 21.7. The third-order valence-electron chi connectivity index (χ3n) is 5.18. The number of amides is 1. The van der Waals surface area contributed by atoms with Gasteiger partial charge in [-0.05, 0) is 57.0 Å². The molecule has 1 atom stereocenters. The third kappa shape index (κ3) is 3.57. The Kier molecular flexibility index (Phi) is 4.90. The van der Waals surface area contributed by atoms with E-state index in [-0.39, 0.29) is 11.9 Å². The second-order valence-electron chi connectivity index (χ2n) is 7.24. The van der Waals surface area contributed by atoms with Gasteiger partial charge in [-0.1, -0.05) is 18.6 Å². The van der Waals surface area contributed by atoms with Gasteiger partial charge in [0.05, 0.1) is 11.0 Å². The Labute approximate surface area is 159 Å². The maximum Gasteiger partial charge on any atom is 0.258 e. The van der Waals surface area contributed by atoms with Gasteiger partial charge in [-0.2, -0.15) is 0 Å². The van der Waals surface area contributed by atoms with Crippen molar-refractivity contribution in [1.29, 1.82) is 0 Å². The summed E-state index contributed by atoms with van der Waals surface area (Å²) in [5.74, 6) is 0.462. The Bertz CT molecular complexity index is 970. The van der Waals surface area contributed by atoms with Crippen LogP contribution in [0.5, 0.6) is 0 Å². The Morgan fingerprint density at radius 2 is 2.15 bits per heavy atom. The molecular weight excluding hydrogens is 338 g/mol. The molecule has 0 radical (unpaired) electrons. The number of imidazole rings is 1. The van der Waals surface area contributed by atoms with Crippen molar-refractivity contribution in [2.75, 3.05) is 18.4 Å². The SMILES string of the molecule is Cc1cc(C(=O)Nc2nc3cccc(C)c3n2C2CCCCNC2)ccn1. The third-order valence-corrected chi connectivity index (χ3v) is 5.18. The fourth-order valence-electron chi connectivity index (χ4n) is 3.85. The average molecular weight is 363 g/mol. The van der Waals surface area contributed by atoms with Crippen LogP contribution in [0.2, 0.25) is 0 Å². The van der Waals surface area contributed by atoms with Crippen LogP contribution in [0.4, 0.5) is 5.95 Å². The molecule has 1 aliphatic heterocycles. The number of aryl methyl sites for hydroxylation is 2. The molecule has 1 amide bonds. The van der Waals surface area contributed by atoms with Crippen molar-refractivity contribution in [3.8, 4) is 0 Å². The highest BCUT2D eigenvalue weighted by atomic mass is 16.1. The normalized spacial score (nSPS) is 17.6. The second-order valence-corrected chi connectivity index (χ2v) is 7.24. The lowest BCUT2D eigenvalue weighted by Gasteiger charge is -2.21. The molecule has 0 saturated carbocycles. The first kappa shape index (κ1) is 17.7. The second kappa shape index (κ2) is 7.48. The van der Waals surface area contributed by atoms with Crippen molar-refractivity contribution in [2.24, 2.45) is 0 Å². The van der Waals surface area contributed by atoms with Gasteiger partial charge in [0, 0.05) is 30.0 Å². The number of carbonyl (C=O) groups is 1. The van der Waals surface area contributed by atoms with E-state index in [1.54, 1.807) is 18.3 Å². The van der Waals surface area contributed by atoms with Crippen LogP contribution in [0.3, 0.4) is 0 Å². The number of fused-ring (bicyclic) bond motifs is 1. The molecule has 1 aromatic carbocycles. The van der Waals surface area contributed by atoms with Crippen molar-refractivity contribution < 1.29 is 4.79 Å². The van der Waals surface area contributed by atoms with E-state index in [1.807, 2.05) is 19.1 Å². The highest BCUT2D eigenvalue weighted by Crippen LogP contribution is 2.30. The monoisotopic (exact) mass is 363 g/mol. The molecule has 4 rings (SSSR count). The summed E-state index contributed by atoms with van der Waals surface area (Å²) in [6.07, 6.45) is 5.08. The lowest BCUT2D eigenvalue weighted by Crippen LogP contribution is -2.25. The molecule has 6 heteroatoms.